The van der Waals surface area contributed by atoms with Crippen molar-refractivity contribution in [3.8, 4) is 5.69 Å². The molecule has 2 atom stereocenters. The van der Waals surface area contributed by atoms with Gasteiger partial charge in [0.1, 0.15) is 5.82 Å². The number of benzene rings is 1. The molecular formula is C27H41ClN8O3. The third-order valence-corrected chi connectivity index (χ3v) is 7.40. The van der Waals surface area contributed by atoms with Gasteiger partial charge in [-0.05, 0) is 76.4 Å². The Bertz CT molecular complexity index is 1200. The van der Waals surface area contributed by atoms with Crippen LogP contribution in [0, 0.1) is 5.92 Å². The predicted octanol–water partition coefficient (Wildman–Crippen LogP) is 1.28. The molecule has 2 fully saturated rings. The first-order valence-electron chi connectivity index (χ1n) is 13.3. The van der Waals surface area contributed by atoms with Crippen molar-refractivity contribution >= 4 is 30.2 Å². The molecule has 11 nitrogen and oxygen atoms in total. The normalized spacial score (nSPS) is 20.0. The number of aromatic nitrogens is 2. The van der Waals surface area contributed by atoms with Gasteiger partial charge in [-0.3, -0.25) is 14.7 Å². The van der Waals surface area contributed by atoms with Crippen LogP contribution in [0.5, 0.6) is 0 Å². The molecule has 12 heteroatoms. The highest BCUT2D eigenvalue weighted by molar-refractivity contribution is 5.89. The van der Waals surface area contributed by atoms with Crippen LogP contribution in [0.25, 0.3) is 5.69 Å². The summed E-state index contributed by atoms with van der Waals surface area (Å²) < 4.78 is 1.45. The van der Waals surface area contributed by atoms with E-state index in [9.17, 15) is 14.4 Å². The predicted molar refractivity (Wildman–Crippen MR) is 154 cm³/mol. The molecule has 0 spiro atoms. The van der Waals surface area contributed by atoms with Crippen LogP contribution >= 0.6 is 12.4 Å². The minimum Gasteiger partial charge on any atom is -0.337 e. The molecule has 2 aromatic rings. The number of hydrogen-bond donors (Lipinski definition) is 3. The maximum Gasteiger partial charge on any atom is 0.354 e. The summed E-state index contributed by atoms with van der Waals surface area (Å²) in [6.45, 7) is 10.3. The average molecular weight is 561 g/mol. The van der Waals surface area contributed by atoms with Crippen molar-refractivity contribution in [2.45, 2.75) is 45.2 Å². The van der Waals surface area contributed by atoms with E-state index in [0.717, 1.165) is 32.6 Å². The molecule has 0 radical (unpaired) electrons. The van der Waals surface area contributed by atoms with Crippen LogP contribution in [0.2, 0.25) is 0 Å². The average Bonchev–Trinajstić information content (AvgIpc) is 3.35. The summed E-state index contributed by atoms with van der Waals surface area (Å²) in [4.78, 5) is 47.9. The summed E-state index contributed by atoms with van der Waals surface area (Å²) >= 11 is 0. The number of carbonyl (C=O) groups is 2. The fraction of sp³-hybridized carbons (Fsp3) is 0.556. The van der Waals surface area contributed by atoms with E-state index in [4.69, 9.17) is 11.5 Å². The summed E-state index contributed by atoms with van der Waals surface area (Å²) in [7, 11) is 0. The fourth-order valence-corrected chi connectivity index (χ4v) is 5.12. The number of rotatable bonds is 7. The van der Waals surface area contributed by atoms with Crippen LogP contribution in [0.3, 0.4) is 0 Å². The standard InChI is InChI=1S/C27H40N8O3.ClH/c1-19-17-33(24(36)27(2,3)29)14-15-34(19)25(37)30-23-10-13-35(26(38)31-23)22-6-4-20(5-7-22)8-11-32-12-9-21(16-28)18-32;/h4-7,10,13,19,21H,8-9,11-12,14-18,28-29H2,1-3H3,(H,30,31,37,38);1H/t19-,21-;/m1./s1. The highest BCUT2D eigenvalue weighted by atomic mass is 35.5. The SMILES string of the molecule is C[C@@H]1CN(C(=O)C(C)(C)N)CCN1C(=O)Nc1ccn(-c2ccc(CCN3CC[C@H](CN)C3)cc2)c(=O)n1.Cl. The molecule has 3 amide bonds. The molecule has 0 aliphatic carbocycles. The van der Waals surface area contributed by atoms with E-state index in [0.29, 0.717) is 31.2 Å². The van der Waals surface area contributed by atoms with Crippen LogP contribution < -0.4 is 22.5 Å². The molecule has 5 N–H and O–H groups in total. The molecule has 214 valence electrons. The van der Waals surface area contributed by atoms with Gasteiger partial charge in [-0.1, -0.05) is 12.1 Å². The van der Waals surface area contributed by atoms with Gasteiger partial charge < -0.3 is 26.2 Å². The van der Waals surface area contributed by atoms with Gasteiger partial charge in [0, 0.05) is 45.0 Å². The molecule has 0 unspecified atom stereocenters. The Labute approximate surface area is 235 Å². The number of anilines is 1. The number of amides is 3. The number of halogens is 1. The summed E-state index contributed by atoms with van der Waals surface area (Å²) in [5.41, 5.74) is 12.2. The van der Waals surface area contributed by atoms with Gasteiger partial charge in [-0.25, -0.2) is 9.59 Å². The number of carbonyl (C=O) groups excluding carboxylic acids is 2. The van der Waals surface area contributed by atoms with Crippen LogP contribution in [0.15, 0.2) is 41.3 Å². The number of nitrogens with two attached hydrogens (primary N) is 2. The monoisotopic (exact) mass is 560 g/mol. The Morgan fingerprint density at radius 3 is 2.41 bits per heavy atom. The van der Waals surface area contributed by atoms with Crippen molar-refractivity contribution in [3.05, 3.63) is 52.6 Å². The quantitative estimate of drug-likeness (QED) is 0.463. The van der Waals surface area contributed by atoms with Gasteiger partial charge in [-0.2, -0.15) is 4.98 Å². The fourth-order valence-electron chi connectivity index (χ4n) is 5.12. The smallest absolute Gasteiger partial charge is 0.337 e. The van der Waals surface area contributed by atoms with Crippen LogP contribution in [0.4, 0.5) is 10.6 Å². The summed E-state index contributed by atoms with van der Waals surface area (Å²) in [5.74, 6) is 0.649. The van der Waals surface area contributed by atoms with Crippen LogP contribution in [0.1, 0.15) is 32.8 Å². The topological polar surface area (TPSA) is 143 Å². The van der Waals surface area contributed by atoms with Gasteiger partial charge in [0.15, 0.2) is 0 Å². The number of nitrogens with one attached hydrogen (secondary N) is 1. The third-order valence-electron chi connectivity index (χ3n) is 7.40. The zero-order valence-electron chi connectivity index (χ0n) is 23.0. The molecule has 4 rings (SSSR count). The van der Waals surface area contributed by atoms with E-state index >= 15 is 0 Å². The molecule has 2 aliphatic rings. The van der Waals surface area contributed by atoms with Crippen molar-refractivity contribution < 1.29 is 9.59 Å². The van der Waals surface area contributed by atoms with Crippen molar-refractivity contribution in [1.29, 1.82) is 0 Å². The maximum atomic E-state index is 12.9. The van der Waals surface area contributed by atoms with E-state index in [2.05, 4.69) is 15.2 Å². The first-order chi connectivity index (χ1) is 18.0. The number of hydrogen-bond acceptors (Lipinski definition) is 7. The molecule has 3 heterocycles. The number of piperazine rings is 1. The maximum absolute atomic E-state index is 12.9. The third kappa shape index (κ3) is 7.57. The second-order valence-corrected chi connectivity index (χ2v) is 11.0. The molecule has 39 heavy (non-hydrogen) atoms. The zero-order chi connectivity index (χ0) is 27.4. The highest BCUT2D eigenvalue weighted by Gasteiger charge is 2.34. The Kier molecular flexibility index (Phi) is 10.1. The van der Waals surface area contributed by atoms with Gasteiger partial charge in [0.2, 0.25) is 5.91 Å². The second kappa shape index (κ2) is 12.9. The minimum absolute atomic E-state index is 0. The zero-order valence-corrected chi connectivity index (χ0v) is 23.8. The Balaban J connectivity index is 0.00000420. The largest absolute Gasteiger partial charge is 0.354 e. The van der Waals surface area contributed by atoms with Crippen LogP contribution in [-0.2, 0) is 11.2 Å². The van der Waals surface area contributed by atoms with E-state index in [-0.39, 0.29) is 36.2 Å². The lowest BCUT2D eigenvalue weighted by atomic mass is 10.0. The summed E-state index contributed by atoms with van der Waals surface area (Å²) in [6, 6.07) is 8.93. The first kappa shape index (κ1) is 30.6. The van der Waals surface area contributed by atoms with Gasteiger partial charge in [-0.15, -0.1) is 12.4 Å². The van der Waals surface area contributed by atoms with Crippen molar-refractivity contribution in [2.75, 3.05) is 51.1 Å². The molecular weight excluding hydrogens is 520 g/mol. The molecule has 2 aliphatic heterocycles. The Morgan fingerprint density at radius 1 is 1.10 bits per heavy atom. The second-order valence-electron chi connectivity index (χ2n) is 11.0. The molecule has 2 saturated heterocycles. The lowest BCUT2D eigenvalue weighted by molar-refractivity contribution is -0.138. The van der Waals surface area contributed by atoms with Crippen molar-refractivity contribution in [3.63, 3.8) is 0 Å². The number of nitrogens with zero attached hydrogens (tertiary/aromatic N) is 5. The summed E-state index contributed by atoms with van der Waals surface area (Å²) in [5, 5.41) is 2.72. The Morgan fingerprint density at radius 2 is 1.82 bits per heavy atom. The lowest BCUT2D eigenvalue weighted by Crippen LogP contribution is -2.61. The Hall–Kier alpha value is -2.99. The van der Waals surface area contributed by atoms with Gasteiger partial charge in [0.05, 0.1) is 11.2 Å². The van der Waals surface area contributed by atoms with Gasteiger partial charge in [0.25, 0.3) is 0 Å². The van der Waals surface area contributed by atoms with E-state index in [1.807, 2.05) is 31.2 Å². The number of urea groups is 1. The van der Waals surface area contributed by atoms with E-state index in [1.54, 1.807) is 35.9 Å². The van der Waals surface area contributed by atoms with E-state index < -0.39 is 11.2 Å². The van der Waals surface area contributed by atoms with Gasteiger partial charge >= 0.3 is 11.7 Å². The van der Waals surface area contributed by atoms with Crippen molar-refractivity contribution in [1.82, 2.24) is 24.3 Å². The summed E-state index contributed by atoms with van der Waals surface area (Å²) in [6.07, 6.45) is 3.73. The molecule has 0 saturated carbocycles. The van der Waals surface area contributed by atoms with Crippen molar-refractivity contribution in [2.24, 2.45) is 17.4 Å². The first-order valence-corrected chi connectivity index (χ1v) is 13.3. The molecule has 1 aromatic heterocycles. The molecule has 0 bridgehead atoms. The van der Waals surface area contributed by atoms with E-state index in [1.165, 1.54) is 16.6 Å². The number of likely N-dealkylation sites (tertiary alicyclic amines) is 1. The lowest BCUT2D eigenvalue weighted by Gasteiger charge is -2.41. The minimum atomic E-state index is -0.958. The highest BCUT2D eigenvalue weighted by Crippen LogP contribution is 2.17. The van der Waals surface area contributed by atoms with Crippen LogP contribution in [-0.4, -0.2) is 93.6 Å². The molecule has 1 aromatic carbocycles.